The summed E-state index contributed by atoms with van der Waals surface area (Å²) in [6, 6.07) is 1.84. The fourth-order valence-corrected chi connectivity index (χ4v) is 5.22. The Morgan fingerprint density at radius 2 is 1.90 bits per heavy atom. The van der Waals surface area contributed by atoms with Gasteiger partial charge in [0.05, 0.1) is 31.3 Å². The monoisotopic (exact) mass is 648 g/mol. The zero-order valence-electron chi connectivity index (χ0n) is 22.5. The summed E-state index contributed by atoms with van der Waals surface area (Å²) in [5.41, 5.74) is 11.4. The molecule has 0 amide bonds. The minimum atomic E-state index is -1.87. The number of methoxy groups -OCH3 is 2. The zero-order chi connectivity index (χ0) is 30.2. The molecule has 0 spiro atoms. The quantitative estimate of drug-likeness (QED) is 0.0540. The van der Waals surface area contributed by atoms with Crippen molar-refractivity contribution in [3.8, 4) is 0 Å². The van der Waals surface area contributed by atoms with Crippen LogP contribution in [0.15, 0.2) is 23.4 Å². The maximum Gasteiger partial charge on any atom is 0.282 e. The van der Waals surface area contributed by atoms with Crippen LogP contribution in [-0.4, -0.2) is 91.9 Å². The van der Waals surface area contributed by atoms with Gasteiger partial charge in [0.2, 0.25) is 12.2 Å². The molecule has 0 saturated carbocycles. The Morgan fingerprint density at radius 3 is 2.62 bits per heavy atom. The summed E-state index contributed by atoms with van der Waals surface area (Å²) in [4.78, 5) is 26.7. The van der Waals surface area contributed by atoms with E-state index in [0.29, 0.717) is 24.6 Å². The van der Waals surface area contributed by atoms with Gasteiger partial charge in [-0.15, -0.1) is 5.10 Å². The summed E-state index contributed by atoms with van der Waals surface area (Å²) in [7, 11) is 4.62. The molecule has 4 heterocycles. The molecule has 2 unspecified atom stereocenters. The van der Waals surface area contributed by atoms with Crippen molar-refractivity contribution in [2.24, 2.45) is 5.92 Å². The minimum absolute atomic E-state index is 0.0863. The van der Waals surface area contributed by atoms with E-state index in [2.05, 4.69) is 52.6 Å². The third-order valence-electron chi connectivity index (χ3n) is 6.40. The number of nitrogens with one attached hydrogen (secondary N) is 1. The smallest absolute Gasteiger partial charge is 0.282 e. The number of ether oxygens (including phenoxy) is 2. The highest BCUT2D eigenvalue weighted by Crippen LogP contribution is 2.27. The maximum atomic E-state index is 15.6. The Hall–Kier alpha value is -2.60. The van der Waals surface area contributed by atoms with Crippen LogP contribution in [-0.2, 0) is 33.8 Å². The molecule has 0 aliphatic rings. The van der Waals surface area contributed by atoms with Crippen LogP contribution < -0.4 is 17.0 Å². The van der Waals surface area contributed by atoms with Crippen LogP contribution in [0.3, 0.4) is 0 Å². The second-order valence-corrected chi connectivity index (χ2v) is 10.2. The standard InChI is InChI=1S/C21H31FN10O7P2S/c1-34-12(7-36-40)10(5-31-4-3-11-16(23)25-9-26-17(11)31)6-37-41-38-8-13(35-2)14(22)20(39-42)32-18-15(29-30-32)19(33)28-21(24)27-18/h3-4,9-10,12-14,20,41-42H,5-8,40H2,1-2H3,(H2,23,25,26)(H3,24,27,28,33)/t10-,12-,13-,14-,20+/m1/s1. The lowest BCUT2D eigenvalue weighted by Crippen LogP contribution is -2.37. The van der Waals surface area contributed by atoms with Crippen LogP contribution in [0.2, 0.25) is 0 Å². The first kappa shape index (κ1) is 32.3. The summed E-state index contributed by atoms with van der Waals surface area (Å²) >= 11 is 3.78. The van der Waals surface area contributed by atoms with Crippen molar-refractivity contribution in [1.29, 1.82) is 0 Å². The Morgan fingerprint density at radius 1 is 1.14 bits per heavy atom. The number of alkyl halides is 1. The number of H-pyrrole nitrogens is 1. The largest absolute Gasteiger partial charge is 0.383 e. The van der Waals surface area contributed by atoms with Gasteiger partial charge in [-0.2, -0.15) is 9.67 Å². The molecule has 230 valence electrons. The summed E-state index contributed by atoms with van der Waals surface area (Å²) in [6.07, 6.45) is -1.55. The van der Waals surface area contributed by atoms with Crippen LogP contribution in [0.1, 0.15) is 6.23 Å². The molecule has 4 aromatic rings. The predicted molar refractivity (Wildman–Crippen MR) is 157 cm³/mol. The molecule has 0 fully saturated rings. The summed E-state index contributed by atoms with van der Waals surface area (Å²) in [5, 5.41) is 8.24. The maximum absolute atomic E-state index is 15.6. The van der Waals surface area contributed by atoms with Gasteiger partial charge in [0.25, 0.3) is 5.56 Å². The molecule has 7 atom stereocenters. The van der Waals surface area contributed by atoms with E-state index in [-0.39, 0.29) is 42.3 Å². The molecule has 0 aliphatic carbocycles. The van der Waals surface area contributed by atoms with Crippen molar-refractivity contribution in [1.82, 2.24) is 39.5 Å². The Bertz CT molecular complexity index is 1510. The fourth-order valence-electron chi connectivity index (χ4n) is 4.23. The second kappa shape index (κ2) is 15.2. The fraction of sp³-hybridized carbons (Fsp3) is 0.524. The highest BCUT2D eigenvalue weighted by Gasteiger charge is 2.35. The number of nitrogens with zero attached hydrogens (tertiary/aromatic N) is 7. The Kier molecular flexibility index (Phi) is 11.7. The molecular formula is C21H31FN10O7P2S. The first-order valence-electron chi connectivity index (χ1n) is 12.3. The minimum Gasteiger partial charge on any atom is -0.383 e. The number of nitrogen functional groups attached to an aromatic ring is 2. The number of hydrogen-bond donors (Lipinski definition) is 4. The molecule has 42 heavy (non-hydrogen) atoms. The molecule has 0 saturated heterocycles. The van der Waals surface area contributed by atoms with E-state index in [9.17, 15) is 4.79 Å². The predicted octanol–water partition coefficient (Wildman–Crippen LogP) is 0.817. The van der Waals surface area contributed by atoms with Crippen LogP contribution in [0, 0.1) is 5.92 Å². The number of rotatable bonds is 17. The third-order valence-corrected chi connectivity index (χ3v) is 7.38. The van der Waals surface area contributed by atoms with E-state index in [4.69, 9.17) is 38.7 Å². The van der Waals surface area contributed by atoms with Gasteiger partial charge in [-0.05, 0) is 19.0 Å². The molecule has 17 nitrogen and oxygen atoms in total. The summed E-state index contributed by atoms with van der Waals surface area (Å²) in [6.45, 7) is 0.770. The molecule has 4 aromatic heterocycles. The average Bonchev–Trinajstić information content (AvgIpc) is 3.59. The molecule has 0 radical (unpaired) electrons. The van der Waals surface area contributed by atoms with E-state index < -0.39 is 33.1 Å². The molecule has 0 aromatic carbocycles. The van der Waals surface area contributed by atoms with E-state index in [0.717, 1.165) is 10.1 Å². The van der Waals surface area contributed by atoms with Crippen LogP contribution >= 0.6 is 31.4 Å². The Labute approximate surface area is 248 Å². The van der Waals surface area contributed by atoms with Crippen molar-refractivity contribution in [3.05, 3.63) is 28.9 Å². The first-order chi connectivity index (χ1) is 20.3. The van der Waals surface area contributed by atoms with Crippen LogP contribution in [0.25, 0.3) is 22.2 Å². The number of nitrogens with two attached hydrogens (primary N) is 2. The topological polar surface area (TPSA) is 215 Å². The summed E-state index contributed by atoms with van der Waals surface area (Å²) in [5.74, 6) is -0.000273. The molecule has 4 rings (SSSR count). The van der Waals surface area contributed by atoms with E-state index in [1.165, 1.54) is 13.4 Å². The lowest BCUT2D eigenvalue weighted by Gasteiger charge is -2.27. The van der Waals surface area contributed by atoms with Crippen molar-refractivity contribution < 1.29 is 31.6 Å². The molecule has 5 N–H and O–H groups in total. The van der Waals surface area contributed by atoms with Gasteiger partial charge < -0.3 is 39.1 Å². The highest BCUT2D eigenvalue weighted by atomic mass is 32.1. The van der Waals surface area contributed by atoms with Crippen LogP contribution in [0.4, 0.5) is 16.2 Å². The third kappa shape index (κ3) is 7.30. The van der Waals surface area contributed by atoms with Gasteiger partial charge in [0, 0.05) is 42.3 Å². The number of fused-ring (bicyclic) bond motifs is 2. The van der Waals surface area contributed by atoms with E-state index >= 15 is 4.39 Å². The highest BCUT2D eigenvalue weighted by molar-refractivity contribution is 7.75. The first-order valence-corrected chi connectivity index (χ1v) is 13.9. The number of aromatic nitrogens is 8. The lowest BCUT2D eigenvalue weighted by atomic mass is 10.0. The summed E-state index contributed by atoms with van der Waals surface area (Å²) < 4.78 is 51.0. The lowest BCUT2D eigenvalue weighted by molar-refractivity contribution is -0.0627. The van der Waals surface area contributed by atoms with E-state index in [1.54, 1.807) is 7.11 Å². The van der Waals surface area contributed by atoms with Gasteiger partial charge in [-0.3, -0.25) is 14.0 Å². The molecule has 0 bridgehead atoms. The SMILES string of the molecule is CO[C@H](COP)[C@@H](COPOC[C@@H](OC)[C@@H](F)[C@H](OS)n1nnc2c(=O)[nH]c(N)nc21)Cn1ccc2c(N)ncnc21. The van der Waals surface area contributed by atoms with Crippen molar-refractivity contribution in [2.45, 2.75) is 31.2 Å². The van der Waals surface area contributed by atoms with Gasteiger partial charge >= 0.3 is 0 Å². The zero-order valence-corrected chi connectivity index (χ0v) is 25.5. The van der Waals surface area contributed by atoms with Gasteiger partial charge in [-0.25, -0.2) is 14.4 Å². The molecule has 0 aliphatic heterocycles. The Balaban J connectivity index is 1.37. The molecule has 21 heteroatoms. The number of halogens is 1. The number of thiol groups is 1. The van der Waals surface area contributed by atoms with Gasteiger partial charge in [0.1, 0.15) is 23.9 Å². The van der Waals surface area contributed by atoms with Crippen LogP contribution in [0.5, 0.6) is 0 Å². The second-order valence-electron chi connectivity index (χ2n) is 8.91. The normalized spacial score (nSPS) is 15.9. The van der Waals surface area contributed by atoms with Gasteiger partial charge in [-0.1, -0.05) is 5.21 Å². The van der Waals surface area contributed by atoms with E-state index in [1.807, 2.05) is 16.8 Å². The molecular weight excluding hydrogens is 617 g/mol. The van der Waals surface area contributed by atoms with Gasteiger partial charge in [0.15, 0.2) is 26.4 Å². The number of anilines is 2. The average molecular weight is 649 g/mol. The number of hydrogen-bond acceptors (Lipinski definition) is 15. The van der Waals surface area contributed by atoms with Crippen molar-refractivity contribution in [3.63, 3.8) is 0 Å². The van der Waals surface area contributed by atoms with Crippen molar-refractivity contribution >= 4 is 65.4 Å². The number of aromatic amines is 1. The van der Waals surface area contributed by atoms with Crippen molar-refractivity contribution in [2.75, 3.05) is 45.5 Å².